The number of hydrogen-bond donors (Lipinski definition) is 5. The highest BCUT2D eigenvalue weighted by Crippen LogP contribution is 2.35. The maximum Gasteiger partial charge on any atom is 0.339 e. The number of nitrogens with one attached hydrogen (secondary N) is 1. The van der Waals surface area contributed by atoms with Crippen LogP contribution in [-0.2, 0) is 20.1 Å². The van der Waals surface area contributed by atoms with Gasteiger partial charge in [0.25, 0.3) is 5.91 Å². The molecular formula is C15H17NO8S. The van der Waals surface area contributed by atoms with Gasteiger partial charge in [0, 0.05) is 28.7 Å². The molecular weight excluding hydrogens is 354 g/mol. The molecule has 0 spiro atoms. The molecule has 0 fully saturated rings. The molecule has 1 aromatic carbocycles. The molecule has 0 aliphatic carbocycles. The molecule has 25 heavy (non-hydrogen) atoms. The summed E-state index contributed by atoms with van der Waals surface area (Å²) in [6, 6.07) is -0.176. The normalized spacial score (nSPS) is 22.0. The van der Waals surface area contributed by atoms with Gasteiger partial charge in [0.1, 0.15) is 24.1 Å². The first-order valence-corrected chi connectivity index (χ1v) is 8.38. The lowest BCUT2D eigenvalue weighted by Gasteiger charge is -2.20. The summed E-state index contributed by atoms with van der Waals surface area (Å²) < 4.78 is 4.88. The van der Waals surface area contributed by atoms with E-state index in [0.29, 0.717) is 0 Å². The van der Waals surface area contributed by atoms with Crippen molar-refractivity contribution < 1.29 is 39.5 Å². The predicted molar refractivity (Wildman–Crippen MR) is 86.5 cm³/mol. The van der Waals surface area contributed by atoms with Crippen LogP contribution in [0.5, 0.6) is 11.5 Å². The number of carbonyl (C=O) groups excluding carboxylic acids is 2. The Labute approximate surface area is 146 Å². The molecule has 0 bridgehead atoms. The van der Waals surface area contributed by atoms with E-state index in [2.05, 4.69) is 5.32 Å². The molecule has 0 aromatic heterocycles. The predicted octanol–water partition coefficient (Wildman–Crippen LogP) is -0.260. The zero-order valence-electron chi connectivity index (χ0n) is 13.2. The Hall–Kier alpha value is -2.46. The van der Waals surface area contributed by atoms with E-state index in [0.717, 1.165) is 17.8 Å². The van der Waals surface area contributed by atoms with Crippen LogP contribution in [0.3, 0.4) is 0 Å². The fraction of sp³-hybridized carbons (Fsp3) is 0.400. The Bertz CT molecular complexity index is 720. The second kappa shape index (κ2) is 7.62. The van der Waals surface area contributed by atoms with Gasteiger partial charge in [0.2, 0.25) is 0 Å². The molecule has 1 aromatic rings. The molecule has 2 unspecified atom stereocenters. The third-order valence-electron chi connectivity index (χ3n) is 3.67. The number of carbonyl (C=O) groups is 3. The number of phenolic OH excluding ortho intramolecular Hbond substituents is 2. The van der Waals surface area contributed by atoms with Crippen molar-refractivity contribution in [2.45, 2.75) is 24.8 Å². The Morgan fingerprint density at radius 2 is 2.00 bits per heavy atom. The first kappa shape index (κ1) is 18.9. The summed E-state index contributed by atoms with van der Waals surface area (Å²) in [5.74, 6) is -3.82. The molecule has 1 aliphatic rings. The Kier molecular flexibility index (Phi) is 5.75. The number of cyclic esters (lactones) is 1. The Morgan fingerprint density at radius 1 is 1.32 bits per heavy atom. The van der Waals surface area contributed by atoms with E-state index < -0.39 is 36.6 Å². The summed E-state index contributed by atoms with van der Waals surface area (Å²) in [7, 11) is 0. The Morgan fingerprint density at radius 3 is 2.64 bits per heavy atom. The number of carboxylic acid groups (broad SMARTS) is 1. The molecule has 1 heterocycles. The van der Waals surface area contributed by atoms with Gasteiger partial charge in [-0.15, -0.1) is 0 Å². The number of aromatic hydroxyl groups is 2. The average Bonchev–Trinajstić information content (AvgIpc) is 2.54. The third kappa shape index (κ3) is 4.15. The number of rotatable bonds is 1. The SMILES string of the molecule is Cc1c(O)cc(O)c2c1C(=O)OCC(O)C(=O)NC(C(=O)O)CSC2. The van der Waals surface area contributed by atoms with Crippen LogP contribution in [0.15, 0.2) is 6.07 Å². The maximum atomic E-state index is 12.3. The van der Waals surface area contributed by atoms with Gasteiger partial charge in [-0.2, -0.15) is 11.8 Å². The van der Waals surface area contributed by atoms with Crippen molar-refractivity contribution in [3.8, 4) is 11.5 Å². The van der Waals surface area contributed by atoms with Gasteiger partial charge in [0.15, 0.2) is 6.10 Å². The van der Waals surface area contributed by atoms with Gasteiger partial charge >= 0.3 is 11.9 Å². The van der Waals surface area contributed by atoms with Crippen molar-refractivity contribution in [1.29, 1.82) is 0 Å². The summed E-state index contributed by atoms with van der Waals surface area (Å²) in [5, 5.41) is 40.9. The number of aliphatic hydroxyl groups is 1. The van der Waals surface area contributed by atoms with Crippen molar-refractivity contribution in [3.05, 3.63) is 22.8 Å². The van der Waals surface area contributed by atoms with Gasteiger partial charge in [-0.1, -0.05) is 0 Å². The number of benzene rings is 1. The molecule has 1 aliphatic heterocycles. The lowest BCUT2D eigenvalue weighted by molar-refractivity contribution is -0.143. The second-order valence-electron chi connectivity index (χ2n) is 5.42. The van der Waals surface area contributed by atoms with Gasteiger partial charge < -0.3 is 30.5 Å². The first-order chi connectivity index (χ1) is 11.7. The smallest absolute Gasteiger partial charge is 0.339 e. The molecule has 0 saturated carbocycles. The lowest BCUT2D eigenvalue weighted by Crippen LogP contribution is -2.48. The van der Waals surface area contributed by atoms with E-state index in [1.807, 2.05) is 0 Å². The van der Waals surface area contributed by atoms with Gasteiger partial charge in [-0.3, -0.25) is 4.79 Å². The number of carboxylic acids is 1. The summed E-state index contributed by atoms with van der Waals surface area (Å²) in [6.45, 7) is 0.758. The number of fused-ring (bicyclic) bond motifs is 1. The van der Waals surface area contributed by atoms with Crippen LogP contribution >= 0.6 is 11.8 Å². The molecule has 1 amide bonds. The van der Waals surface area contributed by atoms with Crippen LogP contribution in [0.2, 0.25) is 0 Å². The highest BCUT2D eigenvalue weighted by molar-refractivity contribution is 7.98. The van der Waals surface area contributed by atoms with E-state index in [1.54, 1.807) is 0 Å². The van der Waals surface area contributed by atoms with E-state index in [4.69, 9.17) is 9.84 Å². The lowest BCUT2D eigenvalue weighted by atomic mass is 10.0. The molecule has 136 valence electrons. The van der Waals surface area contributed by atoms with Crippen LogP contribution in [-0.4, -0.2) is 62.8 Å². The van der Waals surface area contributed by atoms with Crippen molar-refractivity contribution >= 4 is 29.6 Å². The summed E-state index contributed by atoms with van der Waals surface area (Å²) in [5.41, 5.74) is 0.269. The summed E-state index contributed by atoms with van der Waals surface area (Å²) in [6.07, 6.45) is -1.75. The number of hydrogen-bond acceptors (Lipinski definition) is 8. The molecule has 2 atom stereocenters. The van der Waals surface area contributed by atoms with E-state index >= 15 is 0 Å². The highest BCUT2D eigenvalue weighted by atomic mass is 32.2. The zero-order chi connectivity index (χ0) is 18.7. The van der Waals surface area contributed by atoms with Gasteiger partial charge in [-0.05, 0) is 6.92 Å². The van der Waals surface area contributed by atoms with Crippen LogP contribution in [0.1, 0.15) is 21.5 Å². The molecule has 9 nitrogen and oxygen atoms in total. The third-order valence-corrected chi connectivity index (χ3v) is 4.73. The van der Waals surface area contributed by atoms with Crippen LogP contribution in [0.4, 0.5) is 0 Å². The van der Waals surface area contributed by atoms with Crippen LogP contribution in [0.25, 0.3) is 0 Å². The molecule has 2 rings (SSSR count). The maximum absolute atomic E-state index is 12.3. The molecule has 10 heteroatoms. The minimum absolute atomic E-state index is 0.0539. The summed E-state index contributed by atoms with van der Waals surface area (Å²) in [4.78, 5) is 35.3. The number of ether oxygens (including phenoxy) is 1. The van der Waals surface area contributed by atoms with Crippen molar-refractivity contribution in [1.82, 2.24) is 5.32 Å². The van der Waals surface area contributed by atoms with E-state index in [-0.39, 0.29) is 39.7 Å². The minimum atomic E-state index is -1.75. The van der Waals surface area contributed by atoms with Crippen molar-refractivity contribution in [2.24, 2.45) is 0 Å². The topological polar surface area (TPSA) is 153 Å². The quantitative estimate of drug-likeness (QED) is 0.420. The number of aliphatic carboxylic acids is 1. The molecule has 0 radical (unpaired) electrons. The molecule has 5 N–H and O–H groups in total. The highest BCUT2D eigenvalue weighted by Gasteiger charge is 2.28. The molecule has 0 saturated heterocycles. The average molecular weight is 371 g/mol. The largest absolute Gasteiger partial charge is 0.508 e. The van der Waals surface area contributed by atoms with Crippen LogP contribution < -0.4 is 5.32 Å². The zero-order valence-corrected chi connectivity index (χ0v) is 14.0. The van der Waals surface area contributed by atoms with E-state index in [1.165, 1.54) is 6.92 Å². The monoisotopic (exact) mass is 371 g/mol. The van der Waals surface area contributed by atoms with E-state index in [9.17, 15) is 29.7 Å². The standard InChI is InChI=1S/C15H17NO8S/c1-6-9(17)2-10(18)7-4-25-5-8(14(21)22)16-13(20)11(19)3-24-15(23)12(6)7/h2,8,11,17-19H,3-5H2,1H3,(H,16,20)(H,21,22). The fourth-order valence-electron chi connectivity index (χ4n) is 2.25. The number of aliphatic hydroxyl groups excluding tert-OH is 1. The van der Waals surface area contributed by atoms with Gasteiger partial charge in [0.05, 0.1) is 5.56 Å². The minimum Gasteiger partial charge on any atom is -0.508 e. The number of amides is 1. The fourth-order valence-corrected chi connectivity index (χ4v) is 3.33. The first-order valence-electron chi connectivity index (χ1n) is 7.22. The van der Waals surface area contributed by atoms with Crippen molar-refractivity contribution in [3.63, 3.8) is 0 Å². The van der Waals surface area contributed by atoms with Crippen LogP contribution in [0, 0.1) is 6.92 Å². The van der Waals surface area contributed by atoms with Crippen molar-refractivity contribution in [2.75, 3.05) is 12.4 Å². The number of esters is 1. The number of phenols is 2. The number of thioether (sulfide) groups is 1. The van der Waals surface area contributed by atoms with Gasteiger partial charge in [-0.25, -0.2) is 9.59 Å². The Balaban J connectivity index is 2.43. The summed E-state index contributed by atoms with van der Waals surface area (Å²) >= 11 is 1.05. The second-order valence-corrected chi connectivity index (χ2v) is 6.45.